The first-order valence-electron chi connectivity index (χ1n) is 3.78. The summed E-state index contributed by atoms with van der Waals surface area (Å²) in [5, 5.41) is 0.286. The predicted octanol–water partition coefficient (Wildman–Crippen LogP) is 1.57. The van der Waals surface area contributed by atoms with Crippen LogP contribution in [0.1, 0.15) is 17.7 Å². The summed E-state index contributed by atoms with van der Waals surface area (Å²) < 4.78 is 0. The zero-order valence-electron chi connectivity index (χ0n) is 6.13. The molecule has 0 radical (unpaired) electrons. The Morgan fingerprint density at radius 1 is 1.55 bits per heavy atom. The molecule has 1 aromatic rings. The highest BCUT2D eigenvalue weighted by Gasteiger charge is 2.16. The van der Waals surface area contributed by atoms with E-state index in [-0.39, 0.29) is 5.38 Å². The molecule has 58 valence electrons. The average Bonchev–Trinajstić information content (AvgIpc) is 2.04. The van der Waals surface area contributed by atoms with E-state index >= 15 is 0 Å². The smallest absolute Gasteiger partial charge is 0.115 e. The van der Waals surface area contributed by atoms with Crippen LogP contribution in [-0.4, -0.2) is 15.3 Å². The number of halogens is 1. The molecule has 1 aromatic heterocycles. The van der Waals surface area contributed by atoms with Gasteiger partial charge in [0.05, 0.1) is 0 Å². The number of hydrogen-bond donors (Lipinski definition) is 0. The summed E-state index contributed by atoms with van der Waals surface area (Å²) in [6, 6.07) is 0. The van der Waals surface area contributed by atoms with Gasteiger partial charge in [0.25, 0.3) is 0 Å². The normalized spacial score (nSPS) is 22.8. The molecule has 1 heterocycles. The van der Waals surface area contributed by atoms with E-state index in [1.165, 1.54) is 11.3 Å². The van der Waals surface area contributed by atoms with Gasteiger partial charge in [-0.25, -0.2) is 9.97 Å². The van der Waals surface area contributed by atoms with Crippen LogP contribution in [0, 0.1) is 0 Å². The topological polar surface area (TPSA) is 25.8 Å². The Balaban J connectivity index is 2.34. The van der Waals surface area contributed by atoms with Crippen molar-refractivity contribution in [3.05, 3.63) is 23.8 Å². The van der Waals surface area contributed by atoms with E-state index in [1.807, 2.05) is 6.20 Å². The van der Waals surface area contributed by atoms with Crippen molar-refractivity contribution >= 4 is 11.6 Å². The highest BCUT2D eigenvalue weighted by atomic mass is 35.5. The fourth-order valence-electron chi connectivity index (χ4n) is 1.41. The Bertz CT molecular complexity index is 262. The standard InChI is InChI=1S/C8H9ClN2/c9-7-1-2-8-6(3-7)4-10-5-11-8/h4-5,7H,1-3H2. The van der Waals surface area contributed by atoms with E-state index in [0.717, 1.165) is 19.3 Å². The van der Waals surface area contributed by atoms with Crippen LogP contribution in [0.15, 0.2) is 12.5 Å². The third-order valence-corrected chi connectivity index (χ3v) is 2.39. The van der Waals surface area contributed by atoms with Crippen LogP contribution < -0.4 is 0 Å². The summed E-state index contributed by atoms with van der Waals surface area (Å²) >= 11 is 5.99. The average molecular weight is 169 g/mol. The van der Waals surface area contributed by atoms with E-state index in [1.54, 1.807) is 6.33 Å². The quantitative estimate of drug-likeness (QED) is 0.550. The Hall–Kier alpha value is -0.630. The van der Waals surface area contributed by atoms with Crippen molar-refractivity contribution in [2.24, 2.45) is 0 Å². The molecule has 11 heavy (non-hydrogen) atoms. The molecule has 0 N–H and O–H groups in total. The third-order valence-electron chi connectivity index (χ3n) is 2.02. The second kappa shape index (κ2) is 2.78. The molecule has 0 spiro atoms. The van der Waals surface area contributed by atoms with E-state index < -0.39 is 0 Å². The number of aromatic nitrogens is 2. The lowest BCUT2D eigenvalue weighted by atomic mass is 9.97. The van der Waals surface area contributed by atoms with Crippen LogP contribution in [0.4, 0.5) is 0 Å². The lowest BCUT2D eigenvalue weighted by Crippen LogP contribution is -2.15. The summed E-state index contributed by atoms with van der Waals surface area (Å²) in [5.74, 6) is 0. The van der Waals surface area contributed by atoms with Crippen molar-refractivity contribution in [2.45, 2.75) is 24.6 Å². The van der Waals surface area contributed by atoms with E-state index in [2.05, 4.69) is 9.97 Å². The van der Waals surface area contributed by atoms with Gasteiger partial charge in [0.2, 0.25) is 0 Å². The fourth-order valence-corrected chi connectivity index (χ4v) is 1.69. The van der Waals surface area contributed by atoms with Crippen molar-refractivity contribution in [3.8, 4) is 0 Å². The molecule has 0 amide bonds. The number of alkyl halides is 1. The summed E-state index contributed by atoms with van der Waals surface area (Å²) in [5.41, 5.74) is 2.40. The fraction of sp³-hybridized carbons (Fsp3) is 0.500. The summed E-state index contributed by atoms with van der Waals surface area (Å²) in [7, 11) is 0. The van der Waals surface area contributed by atoms with Crippen molar-refractivity contribution in [2.75, 3.05) is 0 Å². The molecule has 0 saturated carbocycles. The lowest BCUT2D eigenvalue weighted by molar-refractivity contribution is 0.670. The predicted molar refractivity (Wildman–Crippen MR) is 43.7 cm³/mol. The SMILES string of the molecule is ClC1CCc2ncncc2C1. The zero-order chi connectivity index (χ0) is 7.68. The van der Waals surface area contributed by atoms with Crippen molar-refractivity contribution in [3.63, 3.8) is 0 Å². The lowest BCUT2D eigenvalue weighted by Gasteiger charge is -2.17. The zero-order valence-corrected chi connectivity index (χ0v) is 6.88. The molecular formula is C8H9ClN2. The van der Waals surface area contributed by atoms with Crippen molar-refractivity contribution in [1.82, 2.24) is 9.97 Å². The maximum absolute atomic E-state index is 5.99. The first-order chi connectivity index (χ1) is 5.36. The van der Waals surface area contributed by atoms with Gasteiger partial charge in [-0.05, 0) is 24.8 Å². The molecule has 2 nitrogen and oxygen atoms in total. The van der Waals surface area contributed by atoms with Gasteiger partial charge < -0.3 is 0 Å². The molecule has 0 aliphatic heterocycles. The van der Waals surface area contributed by atoms with Crippen LogP contribution in [0.2, 0.25) is 0 Å². The van der Waals surface area contributed by atoms with Gasteiger partial charge in [-0.1, -0.05) is 0 Å². The summed E-state index contributed by atoms with van der Waals surface area (Å²) in [6.45, 7) is 0. The number of rotatable bonds is 0. The molecule has 2 rings (SSSR count). The molecule has 1 atom stereocenters. The van der Waals surface area contributed by atoms with Gasteiger partial charge in [0.1, 0.15) is 6.33 Å². The van der Waals surface area contributed by atoms with Crippen LogP contribution in [-0.2, 0) is 12.8 Å². The highest BCUT2D eigenvalue weighted by Crippen LogP contribution is 2.21. The molecule has 0 bridgehead atoms. The van der Waals surface area contributed by atoms with E-state index in [0.29, 0.717) is 0 Å². The molecule has 0 fully saturated rings. The number of nitrogens with zero attached hydrogens (tertiary/aromatic N) is 2. The molecule has 1 unspecified atom stereocenters. The minimum Gasteiger partial charge on any atom is -0.245 e. The second-order valence-electron chi connectivity index (χ2n) is 2.83. The molecule has 1 aliphatic rings. The third kappa shape index (κ3) is 1.36. The second-order valence-corrected chi connectivity index (χ2v) is 3.45. The maximum atomic E-state index is 5.99. The van der Waals surface area contributed by atoms with Crippen molar-refractivity contribution < 1.29 is 0 Å². The summed E-state index contributed by atoms with van der Waals surface area (Å²) in [4.78, 5) is 8.15. The monoisotopic (exact) mass is 168 g/mol. The Morgan fingerprint density at radius 2 is 2.45 bits per heavy atom. The van der Waals surface area contributed by atoms with Crippen molar-refractivity contribution in [1.29, 1.82) is 0 Å². The largest absolute Gasteiger partial charge is 0.245 e. The van der Waals surface area contributed by atoms with Crippen LogP contribution >= 0.6 is 11.6 Å². The molecular weight excluding hydrogens is 160 g/mol. The Kier molecular flexibility index (Phi) is 1.78. The van der Waals surface area contributed by atoms with Gasteiger partial charge in [-0.15, -0.1) is 11.6 Å². The number of aryl methyl sites for hydroxylation is 1. The van der Waals surface area contributed by atoms with Crippen LogP contribution in [0.25, 0.3) is 0 Å². The first kappa shape index (κ1) is 7.04. The molecule has 1 aliphatic carbocycles. The van der Waals surface area contributed by atoms with E-state index in [4.69, 9.17) is 11.6 Å². The summed E-state index contributed by atoms with van der Waals surface area (Å²) in [6.07, 6.45) is 6.46. The van der Waals surface area contributed by atoms with E-state index in [9.17, 15) is 0 Å². The highest BCUT2D eigenvalue weighted by molar-refractivity contribution is 6.20. The molecule has 0 aromatic carbocycles. The number of hydrogen-bond acceptors (Lipinski definition) is 2. The first-order valence-corrected chi connectivity index (χ1v) is 4.22. The Morgan fingerprint density at radius 3 is 3.36 bits per heavy atom. The minimum absolute atomic E-state index is 0.286. The maximum Gasteiger partial charge on any atom is 0.115 e. The van der Waals surface area contributed by atoms with Crippen LogP contribution in [0.5, 0.6) is 0 Å². The molecule has 0 saturated heterocycles. The Labute approximate surface area is 70.6 Å². The van der Waals surface area contributed by atoms with Gasteiger partial charge in [0.15, 0.2) is 0 Å². The van der Waals surface area contributed by atoms with Gasteiger partial charge in [0, 0.05) is 17.3 Å². The van der Waals surface area contributed by atoms with Gasteiger partial charge in [-0.2, -0.15) is 0 Å². The minimum atomic E-state index is 0.286. The van der Waals surface area contributed by atoms with Crippen LogP contribution in [0.3, 0.4) is 0 Å². The van der Waals surface area contributed by atoms with Gasteiger partial charge in [-0.3, -0.25) is 0 Å². The van der Waals surface area contributed by atoms with Gasteiger partial charge >= 0.3 is 0 Å². The molecule has 3 heteroatoms. The number of fused-ring (bicyclic) bond motifs is 1.